The molecule has 0 radical (unpaired) electrons. The van der Waals surface area contributed by atoms with E-state index in [-0.39, 0.29) is 0 Å². The standard InChI is InChI=1S/C10H5BrN2O2/c11-7-5-14-9-2-1-8(13-10(7)9)6-3-12-15-4-6/h1-5H. The van der Waals surface area contributed by atoms with E-state index < -0.39 is 0 Å². The lowest BCUT2D eigenvalue weighted by Crippen LogP contribution is -1.80. The number of nitrogens with zero attached hydrogens (tertiary/aromatic N) is 2. The summed E-state index contributed by atoms with van der Waals surface area (Å²) < 4.78 is 10.9. The summed E-state index contributed by atoms with van der Waals surface area (Å²) in [6, 6.07) is 3.74. The van der Waals surface area contributed by atoms with Crippen LogP contribution in [0.15, 0.2) is 44.3 Å². The number of furan rings is 1. The third kappa shape index (κ3) is 1.35. The highest BCUT2D eigenvalue weighted by Gasteiger charge is 2.08. The molecule has 0 saturated carbocycles. The van der Waals surface area contributed by atoms with Crippen LogP contribution in [0.4, 0.5) is 0 Å². The number of fused-ring (bicyclic) bond motifs is 1. The lowest BCUT2D eigenvalue weighted by molar-refractivity contribution is 0.420. The van der Waals surface area contributed by atoms with Gasteiger partial charge in [-0.15, -0.1) is 0 Å². The van der Waals surface area contributed by atoms with Crippen molar-refractivity contribution in [2.45, 2.75) is 0 Å². The smallest absolute Gasteiger partial charge is 0.153 e. The molecule has 3 rings (SSSR count). The minimum atomic E-state index is 0.752. The van der Waals surface area contributed by atoms with Crippen molar-refractivity contribution >= 4 is 27.0 Å². The molecule has 0 atom stereocenters. The lowest BCUT2D eigenvalue weighted by Gasteiger charge is -1.94. The van der Waals surface area contributed by atoms with E-state index in [0.717, 1.165) is 26.8 Å². The van der Waals surface area contributed by atoms with Gasteiger partial charge in [0.05, 0.1) is 21.9 Å². The monoisotopic (exact) mass is 264 g/mol. The number of pyridine rings is 1. The molecule has 0 aliphatic carbocycles. The summed E-state index contributed by atoms with van der Waals surface area (Å²) in [5.74, 6) is 0. The minimum Gasteiger partial charge on any atom is -0.461 e. The SMILES string of the molecule is Brc1coc2ccc(-c3cnoc3)nc12. The van der Waals surface area contributed by atoms with Crippen LogP contribution in [-0.2, 0) is 0 Å². The Hall–Kier alpha value is -1.62. The fourth-order valence-corrected chi connectivity index (χ4v) is 1.75. The van der Waals surface area contributed by atoms with E-state index in [0.29, 0.717) is 0 Å². The Labute approximate surface area is 93.0 Å². The van der Waals surface area contributed by atoms with E-state index >= 15 is 0 Å². The summed E-state index contributed by atoms with van der Waals surface area (Å²) in [4.78, 5) is 4.44. The first kappa shape index (κ1) is 8.67. The third-order valence-electron chi connectivity index (χ3n) is 2.10. The lowest BCUT2D eigenvalue weighted by atomic mass is 10.2. The largest absolute Gasteiger partial charge is 0.461 e. The van der Waals surface area contributed by atoms with E-state index in [1.807, 2.05) is 12.1 Å². The van der Waals surface area contributed by atoms with Crippen molar-refractivity contribution in [3.05, 3.63) is 35.3 Å². The maximum atomic E-state index is 5.27. The van der Waals surface area contributed by atoms with Crippen molar-refractivity contribution in [3.63, 3.8) is 0 Å². The summed E-state index contributed by atoms with van der Waals surface area (Å²) in [6.07, 6.45) is 4.80. The summed E-state index contributed by atoms with van der Waals surface area (Å²) in [5, 5.41) is 3.64. The molecule has 3 aromatic rings. The zero-order valence-corrected chi connectivity index (χ0v) is 9.06. The van der Waals surface area contributed by atoms with Crippen LogP contribution in [0.1, 0.15) is 0 Å². The molecule has 0 aliphatic heterocycles. The highest BCUT2D eigenvalue weighted by atomic mass is 79.9. The van der Waals surface area contributed by atoms with Gasteiger partial charge in [0.2, 0.25) is 0 Å². The predicted molar refractivity (Wildman–Crippen MR) is 57.2 cm³/mol. The molecule has 0 aromatic carbocycles. The summed E-state index contributed by atoms with van der Waals surface area (Å²) in [6.45, 7) is 0. The maximum Gasteiger partial charge on any atom is 0.153 e. The fourth-order valence-electron chi connectivity index (χ4n) is 1.38. The molecule has 4 nitrogen and oxygen atoms in total. The molecule has 0 aliphatic rings. The molecule has 0 N–H and O–H groups in total. The number of hydrogen-bond acceptors (Lipinski definition) is 4. The van der Waals surface area contributed by atoms with Crippen LogP contribution in [-0.4, -0.2) is 10.1 Å². The molecule has 0 fully saturated rings. The Morgan fingerprint density at radius 2 is 2.13 bits per heavy atom. The number of halogens is 1. The first-order valence-corrected chi connectivity index (χ1v) is 5.07. The van der Waals surface area contributed by atoms with Crippen molar-refractivity contribution < 1.29 is 8.94 Å². The first-order valence-electron chi connectivity index (χ1n) is 4.28. The van der Waals surface area contributed by atoms with Crippen molar-refractivity contribution in [1.29, 1.82) is 0 Å². The van der Waals surface area contributed by atoms with E-state index in [4.69, 9.17) is 8.94 Å². The molecular formula is C10H5BrN2O2. The van der Waals surface area contributed by atoms with Crippen LogP contribution in [0, 0.1) is 0 Å². The van der Waals surface area contributed by atoms with Crippen LogP contribution in [0.3, 0.4) is 0 Å². The Morgan fingerprint density at radius 3 is 2.93 bits per heavy atom. The minimum absolute atomic E-state index is 0.752. The molecule has 0 unspecified atom stereocenters. The van der Waals surface area contributed by atoms with E-state index in [9.17, 15) is 0 Å². The third-order valence-corrected chi connectivity index (χ3v) is 2.66. The van der Waals surface area contributed by atoms with Gasteiger partial charge in [-0.3, -0.25) is 0 Å². The van der Waals surface area contributed by atoms with Gasteiger partial charge in [-0.2, -0.15) is 0 Å². The van der Waals surface area contributed by atoms with E-state index in [2.05, 4.69) is 26.1 Å². The molecule has 0 bridgehead atoms. The topological polar surface area (TPSA) is 52.1 Å². The Bertz CT molecular complexity index is 601. The average Bonchev–Trinajstić information content (AvgIpc) is 2.88. The Morgan fingerprint density at radius 1 is 1.20 bits per heavy atom. The van der Waals surface area contributed by atoms with Gasteiger partial charge in [0.15, 0.2) is 5.58 Å². The molecule has 0 saturated heterocycles. The zero-order chi connectivity index (χ0) is 10.3. The maximum absolute atomic E-state index is 5.27. The second-order valence-corrected chi connectivity index (χ2v) is 3.89. The number of aromatic nitrogens is 2. The van der Waals surface area contributed by atoms with Gasteiger partial charge < -0.3 is 8.94 Å². The second-order valence-electron chi connectivity index (χ2n) is 3.04. The molecule has 74 valence electrons. The van der Waals surface area contributed by atoms with Gasteiger partial charge in [-0.1, -0.05) is 5.16 Å². The zero-order valence-electron chi connectivity index (χ0n) is 7.48. The molecule has 0 spiro atoms. The normalized spacial score (nSPS) is 11.0. The quantitative estimate of drug-likeness (QED) is 0.677. The van der Waals surface area contributed by atoms with Crippen LogP contribution >= 0.6 is 15.9 Å². The highest BCUT2D eigenvalue weighted by molar-refractivity contribution is 9.10. The van der Waals surface area contributed by atoms with Gasteiger partial charge in [-0.25, -0.2) is 4.98 Å². The Balaban J connectivity index is 2.25. The van der Waals surface area contributed by atoms with Crippen molar-refractivity contribution in [2.24, 2.45) is 0 Å². The number of hydrogen-bond donors (Lipinski definition) is 0. The molecule has 3 heterocycles. The molecule has 0 amide bonds. The molecule has 5 heteroatoms. The van der Waals surface area contributed by atoms with Gasteiger partial charge in [0.1, 0.15) is 18.0 Å². The van der Waals surface area contributed by atoms with Crippen molar-refractivity contribution in [2.75, 3.05) is 0 Å². The number of rotatable bonds is 1. The summed E-state index contributed by atoms with van der Waals surface area (Å²) in [5.41, 5.74) is 3.21. The van der Waals surface area contributed by atoms with Crippen molar-refractivity contribution in [1.82, 2.24) is 10.1 Å². The summed E-state index contributed by atoms with van der Waals surface area (Å²) in [7, 11) is 0. The second kappa shape index (κ2) is 3.20. The highest BCUT2D eigenvalue weighted by Crippen LogP contribution is 2.27. The van der Waals surface area contributed by atoms with Crippen LogP contribution in [0.2, 0.25) is 0 Å². The van der Waals surface area contributed by atoms with E-state index in [1.165, 1.54) is 0 Å². The van der Waals surface area contributed by atoms with Crippen LogP contribution in [0.5, 0.6) is 0 Å². The van der Waals surface area contributed by atoms with Gasteiger partial charge in [-0.05, 0) is 28.1 Å². The van der Waals surface area contributed by atoms with Crippen molar-refractivity contribution in [3.8, 4) is 11.3 Å². The first-order chi connectivity index (χ1) is 7.34. The molecule has 15 heavy (non-hydrogen) atoms. The van der Waals surface area contributed by atoms with Crippen LogP contribution < -0.4 is 0 Å². The van der Waals surface area contributed by atoms with Gasteiger partial charge in [0, 0.05) is 0 Å². The van der Waals surface area contributed by atoms with Gasteiger partial charge >= 0.3 is 0 Å². The molecular weight excluding hydrogens is 260 g/mol. The molecule has 3 aromatic heterocycles. The summed E-state index contributed by atoms with van der Waals surface area (Å²) >= 11 is 3.37. The van der Waals surface area contributed by atoms with Crippen LogP contribution in [0.25, 0.3) is 22.4 Å². The fraction of sp³-hybridized carbons (Fsp3) is 0. The Kier molecular flexibility index (Phi) is 1.85. The van der Waals surface area contributed by atoms with Gasteiger partial charge in [0.25, 0.3) is 0 Å². The average molecular weight is 265 g/mol. The predicted octanol–water partition coefficient (Wildman–Crippen LogP) is 3.25. The van der Waals surface area contributed by atoms with E-state index in [1.54, 1.807) is 18.7 Å².